The number of nitro benzene ring substituents is 1. The molecule has 0 radical (unpaired) electrons. The quantitative estimate of drug-likeness (QED) is 0.439. The van der Waals surface area contributed by atoms with Gasteiger partial charge in [-0.25, -0.2) is 4.39 Å². The first-order valence-corrected chi connectivity index (χ1v) is 8.32. The molecule has 0 atom stereocenters. The highest BCUT2D eigenvalue weighted by atomic mass is 32.2. The van der Waals surface area contributed by atoms with Crippen molar-refractivity contribution in [3.8, 4) is 0 Å². The summed E-state index contributed by atoms with van der Waals surface area (Å²) in [5.74, 6) is -0.865. The molecule has 0 aromatic heterocycles. The van der Waals surface area contributed by atoms with Crippen molar-refractivity contribution in [2.24, 2.45) is 0 Å². The van der Waals surface area contributed by atoms with Gasteiger partial charge in [-0.2, -0.15) is 0 Å². The molecule has 0 saturated carbocycles. The smallest absolute Gasteiger partial charge is 0.270 e. The molecule has 0 aliphatic rings. The summed E-state index contributed by atoms with van der Waals surface area (Å²) < 4.78 is 18.8. The summed E-state index contributed by atoms with van der Waals surface area (Å²) in [6.45, 7) is 0.866. The van der Waals surface area contributed by atoms with Crippen molar-refractivity contribution in [1.82, 2.24) is 5.32 Å². The van der Waals surface area contributed by atoms with E-state index in [1.54, 1.807) is 25.3 Å². The van der Waals surface area contributed by atoms with Crippen molar-refractivity contribution in [3.63, 3.8) is 0 Å². The predicted molar refractivity (Wildman–Crippen MR) is 92.4 cm³/mol. The molecular formula is C17H17FN2O4S. The summed E-state index contributed by atoms with van der Waals surface area (Å²) in [6.07, 6.45) is 0.618. The van der Waals surface area contributed by atoms with Crippen LogP contribution in [0.4, 0.5) is 10.1 Å². The van der Waals surface area contributed by atoms with Crippen molar-refractivity contribution in [2.75, 3.05) is 20.3 Å². The van der Waals surface area contributed by atoms with E-state index in [1.165, 1.54) is 24.3 Å². The number of nitro groups is 1. The third kappa shape index (κ3) is 5.27. The van der Waals surface area contributed by atoms with Gasteiger partial charge >= 0.3 is 0 Å². The number of benzene rings is 2. The molecule has 0 saturated heterocycles. The Morgan fingerprint density at radius 3 is 2.72 bits per heavy atom. The largest absolute Gasteiger partial charge is 0.385 e. The zero-order valence-electron chi connectivity index (χ0n) is 13.5. The Morgan fingerprint density at radius 2 is 2.04 bits per heavy atom. The first-order chi connectivity index (χ1) is 12.0. The fourth-order valence-corrected chi connectivity index (χ4v) is 3.00. The molecule has 0 bridgehead atoms. The maximum Gasteiger partial charge on any atom is 0.270 e. The number of ether oxygens (including phenoxy) is 1. The molecule has 6 nitrogen and oxygen atoms in total. The summed E-state index contributed by atoms with van der Waals surface area (Å²) in [5, 5.41) is 13.7. The Bertz CT molecular complexity index is 770. The van der Waals surface area contributed by atoms with Gasteiger partial charge in [0.15, 0.2) is 0 Å². The number of hydrogen-bond donors (Lipinski definition) is 1. The van der Waals surface area contributed by atoms with Crippen LogP contribution >= 0.6 is 11.8 Å². The van der Waals surface area contributed by atoms with Crippen molar-refractivity contribution in [3.05, 3.63) is 64.0 Å². The van der Waals surface area contributed by atoms with Gasteiger partial charge in [-0.1, -0.05) is 23.9 Å². The van der Waals surface area contributed by atoms with Crippen LogP contribution in [-0.4, -0.2) is 31.1 Å². The van der Waals surface area contributed by atoms with Crippen LogP contribution in [0.5, 0.6) is 0 Å². The number of amides is 1. The predicted octanol–water partition coefficient (Wildman–Crippen LogP) is 3.65. The summed E-state index contributed by atoms with van der Waals surface area (Å²) >= 11 is 1.05. The monoisotopic (exact) mass is 364 g/mol. The molecule has 25 heavy (non-hydrogen) atoms. The van der Waals surface area contributed by atoms with Gasteiger partial charge in [0.2, 0.25) is 0 Å². The van der Waals surface area contributed by atoms with Gasteiger partial charge in [0, 0.05) is 42.2 Å². The van der Waals surface area contributed by atoms with Gasteiger partial charge in [-0.05, 0) is 24.6 Å². The molecule has 0 heterocycles. The lowest BCUT2D eigenvalue weighted by atomic mass is 10.2. The van der Waals surface area contributed by atoms with Crippen LogP contribution in [0.25, 0.3) is 0 Å². The SMILES string of the molecule is COCCCNC(=O)c1cc([N+](=O)[O-])ccc1Sc1ccccc1F. The molecular weight excluding hydrogens is 347 g/mol. The summed E-state index contributed by atoms with van der Waals surface area (Å²) in [7, 11) is 1.56. The van der Waals surface area contributed by atoms with Crippen LogP contribution in [0, 0.1) is 15.9 Å². The van der Waals surface area contributed by atoms with E-state index in [0.717, 1.165) is 11.8 Å². The number of non-ortho nitro benzene ring substituents is 1. The zero-order valence-corrected chi connectivity index (χ0v) is 14.3. The lowest BCUT2D eigenvalue weighted by Gasteiger charge is -2.10. The van der Waals surface area contributed by atoms with Crippen molar-refractivity contribution in [2.45, 2.75) is 16.2 Å². The number of rotatable bonds is 8. The zero-order chi connectivity index (χ0) is 18.2. The fraction of sp³-hybridized carbons (Fsp3) is 0.235. The normalized spacial score (nSPS) is 10.5. The van der Waals surface area contributed by atoms with Gasteiger partial charge in [0.1, 0.15) is 5.82 Å². The molecule has 2 aromatic carbocycles. The highest BCUT2D eigenvalue weighted by Gasteiger charge is 2.18. The van der Waals surface area contributed by atoms with Gasteiger partial charge in [0.05, 0.1) is 10.5 Å². The Morgan fingerprint density at radius 1 is 1.28 bits per heavy atom. The van der Waals surface area contributed by atoms with E-state index in [-0.39, 0.29) is 11.3 Å². The molecule has 0 spiro atoms. The lowest BCUT2D eigenvalue weighted by Crippen LogP contribution is -2.25. The van der Waals surface area contributed by atoms with Crippen molar-refractivity contribution < 1.29 is 18.8 Å². The van der Waals surface area contributed by atoms with E-state index in [1.807, 2.05) is 0 Å². The van der Waals surface area contributed by atoms with E-state index in [9.17, 15) is 19.3 Å². The fourth-order valence-electron chi connectivity index (χ4n) is 2.06. The third-order valence-corrected chi connectivity index (χ3v) is 4.41. The molecule has 0 aliphatic heterocycles. The van der Waals surface area contributed by atoms with Crippen molar-refractivity contribution >= 4 is 23.4 Å². The Labute approximate surface area is 148 Å². The minimum atomic E-state index is -0.570. The van der Waals surface area contributed by atoms with E-state index < -0.39 is 16.6 Å². The molecule has 0 aliphatic carbocycles. The van der Waals surface area contributed by atoms with Crippen LogP contribution in [0.15, 0.2) is 52.3 Å². The van der Waals surface area contributed by atoms with Gasteiger partial charge < -0.3 is 10.1 Å². The number of methoxy groups -OCH3 is 1. The molecule has 1 N–H and O–H groups in total. The van der Waals surface area contributed by atoms with Crippen LogP contribution in [0.3, 0.4) is 0 Å². The topological polar surface area (TPSA) is 81.5 Å². The molecule has 132 valence electrons. The summed E-state index contributed by atoms with van der Waals surface area (Å²) in [5.41, 5.74) is -0.0557. The first-order valence-electron chi connectivity index (χ1n) is 7.51. The number of nitrogens with zero attached hydrogens (tertiary/aromatic N) is 1. The number of carbonyl (C=O) groups excluding carboxylic acids is 1. The van der Waals surface area contributed by atoms with Crippen LogP contribution in [0.2, 0.25) is 0 Å². The maximum absolute atomic E-state index is 13.9. The number of carbonyl (C=O) groups is 1. The maximum atomic E-state index is 13.9. The van der Waals surface area contributed by atoms with E-state index in [4.69, 9.17) is 4.74 Å². The average molecular weight is 364 g/mol. The Kier molecular flexibility index (Phi) is 6.91. The molecule has 8 heteroatoms. The molecule has 0 unspecified atom stereocenters. The van der Waals surface area contributed by atoms with E-state index >= 15 is 0 Å². The highest BCUT2D eigenvalue weighted by molar-refractivity contribution is 7.99. The number of hydrogen-bond acceptors (Lipinski definition) is 5. The summed E-state index contributed by atoms with van der Waals surface area (Å²) in [6, 6.07) is 10.1. The molecule has 2 aromatic rings. The van der Waals surface area contributed by atoms with E-state index in [2.05, 4.69) is 5.32 Å². The van der Waals surface area contributed by atoms with Gasteiger partial charge in [-0.15, -0.1) is 0 Å². The van der Waals surface area contributed by atoms with Gasteiger partial charge in [-0.3, -0.25) is 14.9 Å². The van der Waals surface area contributed by atoms with Crippen LogP contribution < -0.4 is 5.32 Å². The van der Waals surface area contributed by atoms with Crippen LogP contribution in [-0.2, 0) is 4.74 Å². The minimum absolute atomic E-state index is 0.139. The highest BCUT2D eigenvalue weighted by Crippen LogP contribution is 2.33. The molecule has 1 amide bonds. The number of halogens is 1. The Hall–Kier alpha value is -2.45. The molecule has 0 fully saturated rings. The van der Waals surface area contributed by atoms with Crippen molar-refractivity contribution in [1.29, 1.82) is 0 Å². The summed E-state index contributed by atoms with van der Waals surface area (Å²) in [4.78, 5) is 23.6. The van der Waals surface area contributed by atoms with E-state index in [0.29, 0.717) is 29.4 Å². The third-order valence-electron chi connectivity index (χ3n) is 3.29. The second-order valence-corrected chi connectivity index (χ2v) is 6.16. The second kappa shape index (κ2) is 9.14. The second-order valence-electron chi connectivity index (χ2n) is 5.07. The lowest BCUT2D eigenvalue weighted by molar-refractivity contribution is -0.384. The first kappa shape index (κ1) is 18.9. The standard InChI is InChI=1S/C17H17FN2O4S/c1-24-10-4-9-19-17(21)13-11-12(20(22)23)7-8-15(13)25-16-6-3-2-5-14(16)18/h2-3,5-8,11H,4,9-10H2,1H3,(H,19,21). The molecule has 2 rings (SSSR count). The average Bonchev–Trinajstić information content (AvgIpc) is 2.60. The van der Waals surface area contributed by atoms with Crippen LogP contribution in [0.1, 0.15) is 16.8 Å². The van der Waals surface area contributed by atoms with Gasteiger partial charge in [0.25, 0.3) is 11.6 Å². The Balaban J connectivity index is 2.27. The number of nitrogens with one attached hydrogen (secondary N) is 1. The minimum Gasteiger partial charge on any atom is -0.385 e.